The van der Waals surface area contributed by atoms with Gasteiger partial charge in [0.2, 0.25) is 0 Å². The summed E-state index contributed by atoms with van der Waals surface area (Å²) in [6.45, 7) is 10.8. The van der Waals surface area contributed by atoms with Gasteiger partial charge in [-0.3, -0.25) is 0 Å². The molecule has 0 saturated carbocycles. The van der Waals surface area contributed by atoms with Gasteiger partial charge in [-0.2, -0.15) is 12.1 Å². The number of hydrogen-bond acceptors (Lipinski definition) is 1. The van der Waals surface area contributed by atoms with Crippen LogP contribution in [-0.2, 0) is 26.1 Å². The van der Waals surface area contributed by atoms with Crippen molar-refractivity contribution in [3.05, 3.63) is 43.1 Å². The maximum atomic E-state index is 8.91. The van der Waals surface area contributed by atoms with Crippen molar-refractivity contribution < 1.29 is 31.2 Å². The first-order valence-electron chi connectivity index (χ1n) is 3.11. The van der Waals surface area contributed by atoms with E-state index in [2.05, 4.69) is 13.3 Å². The third-order valence-corrected chi connectivity index (χ3v) is 1.17. The van der Waals surface area contributed by atoms with Gasteiger partial charge < -0.3 is 5.11 Å². The first-order chi connectivity index (χ1) is 5.80. The largest absolute Gasteiger partial charge is 0 e. The molecule has 1 aromatic carbocycles. The normalized spacial score (nSPS) is 8.77. The van der Waals surface area contributed by atoms with Crippen LogP contribution in [-0.4, -0.2) is 5.11 Å². The van der Waals surface area contributed by atoms with Gasteiger partial charge in [-0.1, -0.05) is 0 Å². The summed E-state index contributed by atoms with van der Waals surface area (Å²) in [5.74, 6) is 0. The predicted molar refractivity (Wildman–Crippen MR) is 40.5 cm³/mol. The van der Waals surface area contributed by atoms with Gasteiger partial charge >= 0.3 is 22.6 Å². The molecule has 0 saturated heterocycles. The molecule has 73 valence electrons. The Morgan fingerprint density at radius 2 is 1.46 bits per heavy atom. The van der Waals surface area contributed by atoms with Crippen LogP contribution in [0.25, 0.3) is 0 Å². The van der Waals surface area contributed by atoms with E-state index >= 15 is 0 Å². The molecule has 3 nitrogen and oxygen atoms in total. The van der Waals surface area contributed by atoms with Crippen LogP contribution in [0.2, 0.25) is 0 Å². The molecule has 0 aromatic heterocycles. The van der Waals surface area contributed by atoms with Gasteiger partial charge in [-0.25, -0.2) is 12.1 Å². The third-order valence-electron chi connectivity index (χ3n) is 1.17. The van der Waals surface area contributed by atoms with Crippen LogP contribution < -0.4 is 0 Å². The number of hydrogen-bond donors (Lipinski definition) is 1. The molecule has 1 atom stereocenters. The summed E-state index contributed by atoms with van der Waals surface area (Å²) in [5, 5.41) is 8.91. The second kappa shape index (κ2) is 13.9. The predicted octanol–water partition coefficient (Wildman–Crippen LogP) is 1.38. The standard InChI is InChI=1S/C7H9O.2CO.Co/c1-6(8)7-4-2-3-5-7;2*1-2;/h2-6,8H,1H3;;;/q-1;;;. The summed E-state index contributed by atoms with van der Waals surface area (Å²) in [7, 11) is 0. The summed E-state index contributed by atoms with van der Waals surface area (Å²) < 4.78 is 15.0. The van der Waals surface area contributed by atoms with E-state index < -0.39 is 0 Å². The third kappa shape index (κ3) is 9.21. The Morgan fingerprint density at radius 3 is 1.62 bits per heavy atom. The Bertz CT molecular complexity index is 205. The van der Waals surface area contributed by atoms with Crippen LogP contribution in [0.3, 0.4) is 0 Å². The van der Waals surface area contributed by atoms with Crippen molar-refractivity contribution in [1.29, 1.82) is 0 Å². The molecule has 4 heteroatoms. The molecule has 1 rings (SSSR count). The summed E-state index contributed by atoms with van der Waals surface area (Å²) in [5.41, 5.74) is 0.991. The van der Waals surface area contributed by atoms with Crippen molar-refractivity contribution in [2.75, 3.05) is 0 Å². The van der Waals surface area contributed by atoms with Gasteiger partial charge in [-0.05, 0) is 6.92 Å². The van der Waals surface area contributed by atoms with Crippen molar-refractivity contribution in [3.8, 4) is 0 Å². The molecule has 0 bridgehead atoms. The molecular weight excluding hydrogens is 215 g/mol. The number of rotatable bonds is 1. The minimum absolute atomic E-state index is 0. The first-order valence-corrected chi connectivity index (χ1v) is 3.11. The van der Waals surface area contributed by atoms with Crippen LogP contribution in [0.1, 0.15) is 18.6 Å². The summed E-state index contributed by atoms with van der Waals surface area (Å²) in [6.07, 6.45) is -0.315. The fourth-order valence-corrected chi connectivity index (χ4v) is 0.667. The molecule has 0 spiro atoms. The minimum atomic E-state index is -0.315. The maximum Gasteiger partial charge on any atom is 0 e. The Balaban J connectivity index is -0.000000178. The quantitative estimate of drug-likeness (QED) is 0.568. The van der Waals surface area contributed by atoms with E-state index in [1.807, 2.05) is 24.3 Å². The molecule has 1 N–H and O–H groups in total. The molecule has 1 aromatic rings. The van der Waals surface area contributed by atoms with E-state index in [0.29, 0.717) is 0 Å². The van der Waals surface area contributed by atoms with Crippen molar-refractivity contribution in [3.63, 3.8) is 0 Å². The average molecular weight is 224 g/mol. The van der Waals surface area contributed by atoms with Crippen molar-refractivity contribution >= 4 is 0 Å². The molecule has 0 amide bonds. The van der Waals surface area contributed by atoms with Gasteiger partial charge in [0.1, 0.15) is 0 Å². The Labute approximate surface area is 87.8 Å². The maximum absolute atomic E-state index is 8.91. The zero-order valence-electron chi connectivity index (χ0n) is 6.98. The molecule has 0 heterocycles. The number of aliphatic hydroxyl groups is 1. The first kappa shape index (κ1) is 18.2. The summed E-state index contributed by atoms with van der Waals surface area (Å²) >= 11 is 0. The molecule has 0 aliphatic rings. The van der Waals surface area contributed by atoms with Gasteiger partial charge in [0.05, 0.1) is 0 Å². The van der Waals surface area contributed by atoms with E-state index in [0.717, 1.165) is 5.56 Å². The molecule has 0 fully saturated rings. The van der Waals surface area contributed by atoms with Crippen LogP contribution in [0.5, 0.6) is 0 Å². The molecule has 0 aliphatic carbocycles. The zero-order valence-corrected chi connectivity index (χ0v) is 8.02. The topological polar surface area (TPSA) is 60.0 Å². The molecule has 1 radical (unpaired) electrons. The summed E-state index contributed by atoms with van der Waals surface area (Å²) in [4.78, 5) is 0. The summed E-state index contributed by atoms with van der Waals surface area (Å²) in [6, 6.07) is 7.65. The van der Waals surface area contributed by atoms with E-state index in [-0.39, 0.29) is 22.9 Å². The van der Waals surface area contributed by atoms with Crippen LogP contribution in [0.4, 0.5) is 0 Å². The van der Waals surface area contributed by atoms with Gasteiger partial charge in [0.15, 0.2) is 0 Å². The number of aliphatic hydroxyl groups excluding tert-OH is 1. The molecular formula is C9H9CoO3-. The van der Waals surface area contributed by atoms with E-state index in [1.165, 1.54) is 0 Å². The molecule has 1 unspecified atom stereocenters. The molecule has 13 heavy (non-hydrogen) atoms. The van der Waals surface area contributed by atoms with Crippen LogP contribution in [0.15, 0.2) is 24.3 Å². The molecule has 0 aliphatic heterocycles. The smallest absolute Gasteiger partial charge is 0 e. The second-order valence-corrected chi connectivity index (χ2v) is 1.89. The van der Waals surface area contributed by atoms with Gasteiger partial charge in [0.25, 0.3) is 0 Å². The fraction of sp³-hybridized carbons (Fsp3) is 0.222. The average Bonchev–Trinajstić information content (AvgIpc) is 2.64. The Kier molecular flexibility index (Phi) is 19.4. The van der Waals surface area contributed by atoms with E-state index in [9.17, 15) is 0 Å². The van der Waals surface area contributed by atoms with Crippen LogP contribution in [0, 0.1) is 13.3 Å². The SMILES string of the molecule is CC(O)[c-]1cccc1.[C-]#[O+].[C-]#[O+].[Co]. The monoisotopic (exact) mass is 224 g/mol. The zero-order chi connectivity index (χ0) is 9.98. The minimum Gasteiger partial charge on any atom is 0 e. The second-order valence-electron chi connectivity index (χ2n) is 1.89. The van der Waals surface area contributed by atoms with E-state index in [1.54, 1.807) is 6.92 Å². The van der Waals surface area contributed by atoms with Gasteiger partial charge in [-0.15, -0.1) is 5.56 Å². The van der Waals surface area contributed by atoms with Crippen LogP contribution >= 0.6 is 0 Å². The van der Waals surface area contributed by atoms with Crippen molar-refractivity contribution in [1.82, 2.24) is 0 Å². The van der Waals surface area contributed by atoms with Gasteiger partial charge in [0, 0.05) is 22.9 Å². The fourth-order valence-electron chi connectivity index (χ4n) is 0.667. The Hall–Kier alpha value is -0.704. The Morgan fingerprint density at radius 1 is 1.15 bits per heavy atom. The van der Waals surface area contributed by atoms with E-state index in [4.69, 9.17) is 14.4 Å². The van der Waals surface area contributed by atoms with Crippen molar-refractivity contribution in [2.45, 2.75) is 13.0 Å². The van der Waals surface area contributed by atoms with Crippen molar-refractivity contribution in [2.24, 2.45) is 0 Å².